The Labute approximate surface area is 116 Å². The second-order valence-electron chi connectivity index (χ2n) is 3.99. The molecule has 0 unspecified atom stereocenters. The second-order valence-corrected chi connectivity index (χ2v) is 4.83. The lowest BCUT2D eigenvalue weighted by atomic mass is 10.2. The highest BCUT2D eigenvalue weighted by Gasteiger charge is 2.07. The van der Waals surface area contributed by atoms with Crippen LogP contribution in [0.15, 0.2) is 24.4 Å². The molecule has 0 atom stereocenters. The molecule has 0 spiro atoms. The van der Waals surface area contributed by atoms with Gasteiger partial charge in [0.2, 0.25) is 0 Å². The van der Waals surface area contributed by atoms with Gasteiger partial charge in [0.15, 0.2) is 0 Å². The summed E-state index contributed by atoms with van der Waals surface area (Å²) >= 11 is 11.1. The van der Waals surface area contributed by atoms with Crippen LogP contribution < -0.4 is 11.1 Å². The summed E-state index contributed by atoms with van der Waals surface area (Å²) in [6, 6.07) is 5.43. The van der Waals surface area contributed by atoms with Gasteiger partial charge in [-0.15, -0.1) is 0 Å². The predicted molar refractivity (Wildman–Crippen MR) is 78.6 cm³/mol. The molecule has 1 aromatic carbocycles. The van der Waals surface area contributed by atoms with Crippen molar-refractivity contribution in [3.05, 3.63) is 40.7 Å². The molecule has 0 aliphatic carbocycles. The fourth-order valence-electron chi connectivity index (χ4n) is 1.64. The van der Waals surface area contributed by atoms with Crippen molar-refractivity contribution in [2.75, 3.05) is 5.32 Å². The van der Waals surface area contributed by atoms with Crippen molar-refractivity contribution in [1.82, 2.24) is 9.78 Å². The van der Waals surface area contributed by atoms with E-state index in [0.717, 1.165) is 22.6 Å². The highest BCUT2D eigenvalue weighted by Crippen LogP contribution is 2.27. The summed E-state index contributed by atoms with van der Waals surface area (Å²) < 4.78 is 1.74. The Kier molecular flexibility index (Phi) is 3.54. The first-order valence-electron chi connectivity index (χ1n) is 5.34. The average Bonchev–Trinajstić information content (AvgIpc) is 2.60. The Morgan fingerprint density at radius 1 is 1.44 bits per heavy atom. The molecule has 6 heteroatoms. The van der Waals surface area contributed by atoms with E-state index in [9.17, 15) is 0 Å². The van der Waals surface area contributed by atoms with Gasteiger partial charge >= 0.3 is 0 Å². The van der Waals surface area contributed by atoms with E-state index in [2.05, 4.69) is 10.4 Å². The number of benzene rings is 1. The SMILES string of the molecule is Cc1nn(C)cc1Nc1ccc(C(N)=S)cc1Cl. The highest BCUT2D eigenvalue weighted by molar-refractivity contribution is 7.80. The van der Waals surface area contributed by atoms with Gasteiger partial charge in [-0.1, -0.05) is 23.8 Å². The highest BCUT2D eigenvalue weighted by atomic mass is 35.5. The lowest BCUT2D eigenvalue weighted by molar-refractivity contribution is 0.756. The topological polar surface area (TPSA) is 55.9 Å². The van der Waals surface area contributed by atoms with Gasteiger partial charge in [0.25, 0.3) is 0 Å². The van der Waals surface area contributed by atoms with Crippen LogP contribution in [0.5, 0.6) is 0 Å². The summed E-state index contributed by atoms with van der Waals surface area (Å²) in [5.74, 6) is 0. The first-order valence-corrected chi connectivity index (χ1v) is 6.12. The molecule has 4 nitrogen and oxygen atoms in total. The zero-order valence-corrected chi connectivity index (χ0v) is 11.6. The Morgan fingerprint density at radius 2 is 2.17 bits per heavy atom. The molecule has 0 amide bonds. The van der Waals surface area contributed by atoms with Crippen molar-refractivity contribution in [3.8, 4) is 0 Å². The number of thiocarbonyl (C=S) groups is 1. The normalized spacial score (nSPS) is 10.4. The third-order valence-electron chi connectivity index (χ3n) is 2.54. The molecule has 3 N–H and O–H groups in total. The fourth-order valence-corrected chi connectivity index (χ4v) is 1.99. The first-order chi connectivity index (χ1) is 8.47. The Balaban J connectivity index is 2.30. The van der Waals surface area contributed by atoms with E-state index >= 15 is 0 Å². The number of nitrogens with two attached hydrogens (primary N) is 1. The van der Waals surface area contributed by atoms with Crippen LogP contribution in [0, 0.1) is 6.92 Å². The molecule has 0 aliphatic rings. The van der Waals surface area contributed by atoms with E-state index in [4.69, 9.17) is 29.6 Å². The van der Waals surface area contributed by atoms with E-state index in [1.165, 1.54) is 0 Å². The van der Waals surface area contributed by atoms with E-state index in [1.807, 2.05) is 32.3 Å². The van der Waals surface area contributed by atoms with Crippen LogP contribution in [-0.4, -0.2) is 14.8 Å². The summed E-state index contributed by atoms with van der Waals surface area (Å²) in [4.78, 5) is 0.334. The first kappa shape index (κ1) is 12.9. The number of nitrogens with zero attached hydrogens (tertiary/aromatic N) is 2. The van der Waals surface area contributed by atoms with E-state index in [0.29, 0.717) is 10.0 Å². The van der Waals surface area contributed by atoms with Crippen LogP contribution in [-0.2, 0) is 7.05 Å². The maximum absolute atomic E-state index is 6.18. The molecule has 0 fully saturated rings. The molecule has 0 radical (unpaired) electrons. The summed E-state index contributed by atoms with van der Waals surface area (Å²) in [5, 5.41) is 8.05. The van der Waals surface area contributed by atoms with Gasteiger partial charge in [0.1, 0.15) is 4.99 Å². The minimum atomic E-state index is 0.334. The van der Waals surface area contributed by atoms with Crippen LogP contribution in [0.3, 0.4) is 0 Å². The molecule has 94 valence electrons. The Hall–Kier alpha value is -1.59. The Bertz CT molecular complexity index is 606. The molecule has 0 aliphatic heterocycles. The Morgan fingerprint density at radius 3 is 2.67 bits per heavy atom. The van der Waals surface area contributed by atoms with E-state index in [1.54, 1.807) is 10.7 Å². The van der Waals surface area contributed by atoms with Crippen LogP contribution in [0.4, 0.5) is 11.4 Å². The van der Waals surface area contributed by atoms with Crippen LogP contribution in [0.1, 0.15) is 11.3 Å². The van der Waals surface area contributed by atoms with Gasteiger partial charge in [-0.05, 0) is 25.1 Å². The third kappa shape index (κ3) is 2.63. The number of rotatable bonds is 3. The number of hydrogen-bond acceptors (Lipinski definition) is 3. The lowest BCUT2D eigenvalue weighted by Gasteiger charge is -2.08. The standard InChI is InChI=1S/C12H13ClN4S/c1-7-11(6-17(2)16-7)15-10-4-3-8(12(14)18)5-9(10)13/h3-6,15H,1-2H3,(H2,14,18). The molecule has 2 rings (SSSR count). The zero-order chi connectivity index (χ0) is 13.3. The minimum absolute atomic E-state index is 0.334. The van der Waals surface area contributed by atoms with Crippen LogP contribution in [0.25, 0.3) is 0 Å². The van der Waals surface area contributed by atoms with E-state index in [-0.39, 0.29) is 0 Å². The van der Waals surface area contributed by atoms with Crippen molar-refractivity contribution < 1.29 is 0 Å². The van der Waals surface area contributed by atoms with Crippen molar-refractivity contribution in [2.24, 2.45) is 12.8 Å². The molecular weight excluding hydrogens is 268 g/mol. The van der Waals surface area contributed by atoms with Crippen molar-refractivity contribution in [3.63, 3.8) is 0 Å². The number of halogens is 1. The maximum atomic E-state index is 6.18. The molecule has 0 saturated heterocycles. The largest absolute Gasteiger partial charge is 0.389 e. The van der Waals surface area contributed by atoms with Gasteiger partial charge in [0.05, 0.1) is 22.1 Å². The number of aryl methyl sites for hydroxylation is 2. The predicted octanol–water partition coefficient (Wildman–Crippen LogP) is 2.76. The smallest absolute Gasteiger partial charge is 0.104 e. The number of anilines is 2. The average molecular weight is 281 g/mol. The fraction of sp³-hybridized carbons (Fsp3) is 0.167. The van der Waals surface area contributed by atoms with Gasteiger partial charge in [-0.25, -0.2) is 0 Å². The quantitative estimate of drug-likeness (QED) is 0.849. The third-order valence-corrected chi connectivity index (χ3v) is 3.08. The van der Waals surface area contributed by atoms with E-state index < -0.39 is 0 Å². The molecule has 18 heavy (non-hydrogen) atoms. The second kappa shape index (κ2) is 4.96. The summed E-state index contributed by atoms with van der Waals surface area (Å²) in [6.07, 6.45) is 1.90. The molecule has 1 aromatic heterocycles. The van der Waals surface area contributed by atoms with Gasteiger partial charge in [-0.2, -0.15) is 5.10 Å². The van der Waals surface area contributed by atoms with Crippen molar-refractivity contribution in [2.45, 2.75) is 6.92 Å². The summed E-state index contributed by atoms with van der Waals surface area (Å²) in [5.41, 5.74) is 8.93. The monoisotopic (exact) mass is 280 g/mol. The number of hydrogen-bond donors (Lipinski definition) is 2. The van der Waals surface area contributed by atoms with Gasteiger partial charge in [0, 0.05) is 18.8 Å². The summed E-state index contributed by atoms with van der Waals surface area (Å²) in [6.45, 7) is 1.93. The molecule has 2 aromatic rings. The molecular formula is C12H13ClN4S. The zero-order valence-electron chi connectivity index (χ0n) is 10.1. The maximum Gasteiger partial charge on any atom is 0.104 e. The van der Waals surface area contributed by atoms with Crippen LogP contribution in [0.2, 0.25) is 5.02 Å². The molecule has 0 bridgehead atoms. The number of aromatic nitrogens is 2. The molecule has 1 heterocycles. The summed E-state index contributed by atoms with van der Waals surface area (Å²) in [7, 11) is 1.87. The molecule has 0 saturated carbocycles. The van der Waals surface area contributed by atoms with Gasteiger partial charge < -0.3 is 11.1 Å². The van der Waals surface area contributed by atoms with Crippen molar-refractivity contribution in [1.29, 1.82) is 0 Å². The number of nitrogens with one attached hydrogen (secondary N) is 1. The minimum Gasteiger partial charge on any atom is -0.389 e. The van der Waals surface area contributed by atoms with Gasteiger partial charge in [-0.3, -0.25) is 4.68 Å². The van der Waals surface area contributed by atoms with Crippen LogP contribution >= 0.6 is 23.8 Å². The van der Waals surface area contributed by atoms with Crippen molar-refractivity contribution >= 4 is 40.2 Å². The lowest BCUT2D eigenvalue weighted by Crippen LogP contribution is -2.09.